The fourth-order valence-electron chi connectivity index (χ4n) is 1.22. The van der Waals surface area contributed by atoms with Gasteiger partial charge in [0, 0.05) is 6.08 Å². The van der Waals surface area contributed by atoms with Crippen molar-refractivity contribution in [3.63, 3.8) is 0 Å². The molecule has 3 heteroatoms. The largest absolute Gasteiger partial charge is 0.486 e. The van der Waals surface area contributed by atoms with E-state index in [9.17, 15) is 4.79 Å². The summed E-state index contributed by atoms with van der Waals surface area (Å²) in [6.45, 7) is 1.14. The molecule has 1 aliphatic rings. The quantitative estimate of drug-likeness (QED) is 0.605. The maximum Gasteiger partial charge on any atom is 0.161 e. The molecular weight excluding hydrogens is 168 g/mol. The van der Waals surface area contributed by atoms with E-state index >= 15 is 0 Å². The molecule has 0 aromatic heterocycles. The Morgan fingerprint density at radius 2 is 2.00 bits per heavy atom. The van der Waals surface area contributed by atoms with Gasteiger partial charge in [-0.05, 0) is 17.7 Å². The molecule has 0 saturated heterocycles. The molecule has 0 fully saturated rings. The monoisotopic (exact) mass is 176 g/mol. The Bertz CT molecular complexity index is 364. The van der Waals surface area contributed by atoms with Gasteiger partial charge in [0.25, 0.3) is 0 Å². The summed E-state index contributed by atoms with van der Waals surface area (Å²) < 4.78 is 10.7. The first-order valence-electron chi connectivity index (χ1n) is 4.01. The van der Waals surface area contributed by atoms with Crippen LogP contribution >= 0.6 is 0 Å². The Kier molecular flexibility index (Phi) is 2.02. The molecule has 1 aliphatic heterocycles. The van der Waals surface area contributed by atoms with Crippen LogP contribution in [0.4, 0.5) is 0 Å². The smallest absolute Gasteiger partial charge is 0.161 e. The van der Waals surface area contributed by atoms with Crippen molar-refractivity contribution in [3.05, 3.63) is 23.8 Å². The number of rotatable bonds is 1. The van der Waals surface area contributed by atoms with E-state index in [-0.39, 0.29) is 0 Å². The molecule has 1 aromatic rings. The summed E-state index contributed by atoms with van der Waals surface area (Å²) in [6.07, 6.45) is 1.36. The van der Waals surface area contributed by atoms with E-state index in [2.05, 4.69) is 0 Å². The average Bonchev–Trinajstić information content (AvgIpc) is 2.18. The van der Waals surface area contributed by atoms with Crippen molar-refractivity contribution in [2.24, 2.45) is 0 Å². The van der Waals surface area contributed by atoms with Gasteiger partial charge in [-0.3, -0.25) is 0 Å². The lowest BCUT2D eigenvalue weighted by atomic mass is 10.2. The number of hydrogen-bond donors (Lipinski definition) is 0. The van der Waals surface area contributed by atoms with Gasteiger partial charge >= 0.3 is 0 Å². The Morgan fingerprint density at radius 3 is 2.77 bits per heavy atom. The van der Waals surface area contributed by atoms with Crippen LogP contribution in [0.3, 0.4) is 0 Å². The molecule has 0 amide bonds. The predicted molar refractivity (Wildman–Crippen MR) is 47.6 cm³/mol. The van der Waals surface area contributed by atoms with Gasteiger partial charge in [0.2, 0.25) is 0 Å². The van der Waals surface area contributed by atoms with Gasteiger partial charge in [-0.1, -0.05) is 6.07 Å². The van der Waals surface area contributed by atoms with Crippen LogP contribution in [-0.2, 0) is 4.79 Å². The van der Waals surface area contributed by atoms with Gasteiger partial charge in [0.05, 0.1) is 0 Å². The van der Waals surface area contributed by atoms with Gasteiger partial charge in [-0.2, -0.15) is 0 Å². The summed E-state index contributed by atoms with van der Waals surface area (Å²) in [5.74, 6) is 3.14. The van der Waals surface area contributed by atoms with Crippen molar-refractivity contribution in [1.29, 1.82) is 0 Å². The lowest BCUT2D eigenvalue weighted by Crippen LogP contribution is -2.15. The summed E-state index contributed by atoms with van der Waals surface area (Å²) in [6, 6.07) is 5.34. The second-order valence-corrected chi connectivity index (χ2v) is 2.67. The minimum Gasteiger partial charge on any atom is -0.486 e. The summed E-state index contributed by atoms with van der Waals surface area (Å²) in [5.41, 5.74) is 0.777. The fourth-order valence-corrected chi connectivity index (χ4v) is 1.22. The third-order valence-electron chi connectivity index (χ3n) is 1.79. The summed E-state index contributed by atoms with van der Waals surface area (Å²) in [7, 11) is 0. The SMILES string of the molecule is O=C=Cc1ccc2c(c1)OCCO2. The number of hydrogen-bond acceptors (Lipinski definition) is 3. The lowest BCUT2D eigenvalue weighted by Gasteiger charge is -2.18. The van der Waals surface area contributed by atoms with E-state index in [4.69, 9.17) is 9.47 Å². The maximum absolute atomic E-state index is 10.1. The molecule has 0 spiro atoms. The van der Waals surface area contributed by atoms with Crippen LogP contribution in [0.5, 0.6) is 11.5 Å². The second-order valence-electron chi connectivity index (χ2n) is 2.67. The van der Waals surface area contributed by atoms with Gasteiger partial charge in [0.15, 0.2) is 11.5 Å². The molecule has 0 atom stereocenters. The van der Waals surface area contributed by atoms with Crippen LogP contribution in [0.15, 0.2) is 18.2 Å². The van der Waals surface area contributed by atoms with Crippen molar-refractivity contribution in [3.8, 4) is 11.5 Å². The molecule has 0 bridgehead atoms. The Morgan fingerprint density at radius 1 is 1.23 bits per heavy atom. The zero-order chi connectivity index (χ0) is 9.10. The van der Waals surface area contributed by atoms with Crippen molar-refractivity contribution in [1.82, 2.24) is 0 Å². The predicted octanol–water partition coefficient (Wildman–Crippen LogP) is 1.30. The summed E-state index contributed by atoms with van der Waals surface area (Å²) in [5, 5.41) is 0. The van der Waals surface area contributed by atoms with E-state index in [0.717, 1.165) is 11.3 Å². The van der Waals surface area contributed by atoms with Crippen LogP contribution in [0.2, 0.25) is 0 Å². The Balaban J connectivity index is 2.40. The molecule has 0 N–H and O–H groups in total. The molecule has 1 heterocycles. The third-order valence-corrected chi connectivity index (χ3v) is 1.79. The van der Waals surface area contributed by atoms with Gasteiger partial charge < -0.3 is 9.47 Å². The van der Waals surface area contributed by atoms with Crippen LogP contribution < -0.4 is 9.47 Å². The zero-order valence-electron chi connectivity index (χ0n) is 6.95. The molecule has 0 radical (unpaired) electrons. The number of benzene rings is 1. The number of ether oxygens (including phenoxy) is 2. The molecule has 0 saturated carbocycles. The first-order chi connectivity index (χ1) is 6.40. The first kappa shape index (κ1) is 7.90. The van der Waals surface area contributed by atoms with Gasteiger partial charge in [-0.25, -0.2) is 4.79 Å². The van der Waals surface area contributed by atoms with E-state index < -0.39 is 0 Å². The summed E-state index contributed by atoms with van der Waals surface area (Å²) >= 11 is 0. The number of fused-ring (bicyclic) bond motifs is 1. The molecule has 3 nitrogen and oxygen atoms in total. The highest BCUT2D eigenvalue weighted by Crippen LogP contribution is 2.30. The average molecular weight is 176 g/mol. The minimum absolute atomic E-state index is 0.557. The van der Waals surface area contributed by atoms with Crippen molar-refractivity contribution in [2.75, 3.05) is 13.2 Å². The van der Waals surface area contributed by atoms with Crippen molar-refractivity contribution in [2.45, 2.75) is 0 Å². The van der Waals surface area contributed by atoms with E-state index in [1.807, 2.05) is 0 Å². The van der Waals surface area contributed by atoms with Crippen molar-refractivity contribution < 1.29 is 14.3 Å². The lowest BCUT2D eigenvalue weighted by molar-refractivity contribution is 0.171. The minimum atomic E-state index is 0.557. The Labute approximate surface area is 75.6 Å². The highest BCUT2D eigenvalue weighted by molar-refractivity contribution is 5.75. The van der Waals surface area contributed by atoms with E-state index in [1.165, 1.54) is 6.08 Å². The normalized spacial score (nSPS) is 13.2. The van der Waals surface area contributed by atoms with Crippen LogP contribution in [0.1, 0.15) is 5.56 Å². The van der Waals surface area contributed by atoms with Crippen LogP contribution in [0.25, 0.3) is 6.08 Å². The molecule has 13 heavy (non-hydrogen) atoms. The van der Waals surface area contributed by atoms with E-state index in [0.29, 0.717) is 19.0 Å². The van der Waals surface area contributed by atoms with Crippen LogP contribution in [0, 0.1) is 0 Å². The highest BCUT2D eigenvalue weighted by atomic mass is 16.6. The fraction of sp³-hybridized carbons (Fsp3) is 0.200. The van der Waals surface area contributed by atoms with Gasteiger partial charge in [-0.15, -0.1) is 0 Å². The zero-order valence-corrected chi connectivity index (χ0v) is 6.95. The standard InChI is InChI=1S/C10H8O3/c11-4-3-8-1-2-9-10(7-8)13-6-5-12-9/h1-3,7H,5-6H2. The molecule has 0 unspecified atom stereocenters. The topological polar surface area (TPSA) is 35.5 Å². The number of carbonyl (C=O) groups excluding carboxylic acids is 1. The van der Waals surface area contributed by atoms with E-state index in [1.54, 1.807) is 24.1 Å². The first-order valence-corrected chi connectivity index (χ1v) is 4.01. The molecule has 0 aliphatic carbocycles. The Hall–Kier alpha value is -1.73. The molecule has 2 rings (SSSR count). The maximum atomic E-state index is 10.1. The van der Waals surface area contributed by atoms with Gasteiger partial charge in [0.1, 0.15) is 19.2 Å². The van der Waals surface area contributed by atoms with Crippen LogP contribution in [-0.4, -0.2) is 19.2 Å². The molecule has 66 valence electrons. The second kappa shape index (κ2) is 3.33. The third kappa shape index (κ3) is 1.55. The highest BCUT2D eigenvalue weighted by Gasteiger charge is 2.10. The summed E-state index contributed by atoms with van der Waals surface area (Å²) in [4.78, 5) is 10.1. The molecule has 1 aromatic carbocycles. The van der Waals surface area contributed by atoms with Crippen molar-refractivity contribution >= 4 is 12.0 Å². The molecular formula is C10H8O3.